The zero-order valence-corrected chi connectivity index (χ0v) is 10.8. The van der Waals surface area contributed by atoms with Crippen LogP contribution in [0.15, 0.2) is 0 Å². The smallest absolute Gasteiger partial charge is 0.155 e. The number of hydrogen-bond donors (Lipinski definition) is 2. The van der Waals surface area contributed by atoms with Gasteiger partial charge in [-0.25, -0.2) is 0 Å². The van der Waals surface area contributed by atoms with Crippen LogP contribution in [-0.2, 0) is 4.79 Å². The van der Waals surface area contributed by atoms with Gasteiger partial charge in [0.1, 0.15) is 0 Å². The Labute approximate surface area is 93.3 Å². The zero-order chi connectivity index (χ0) is 12.3. The van der Waals surface area contributed by atoms with Crippen LogP contribution in [-0.4, -0.2) is 29.1 Å². The lowest BCUT2D eigenvalue weighted by molar-refractivity contribution is -0.129. The average Bonchev–Trinajstić information content (AvgIpc) is 1.98. The van der Waals surface area contributed by atoms with Crippen molar-refractivity contribution in [3.05, 3.63) is 0 Å². The predicted molar refractivity (Wildman–Crippen MR) is 62.8 cm³/mol. The zero-order valence-electron chi connectivity index (χ0n) is 10.8. The Morgan fingerprint density at radius 1 is 1.20 bits per heavy atom. The lowest BCUT2D eigenvalue weighted by Crippen LogP contribution is -2.51. The van der Waals surface area contributed by atoms with Gasteiger partial charge in [0.2, 0.25) is 0 Å². The lowest BCUT2D eigenvalue weighted by Gasteiger charge is -2.31. The van der Waals surface area contributed by atoms with E-state index in [4.69, 9.17) is 5.11 Å². The molecule has 0 fully saturated rings. The molecule has 90 valence electrons. The van der Waals surface area contributed by atoms with E-state index in [9.17, 15) is 4.79 Å². The molecule has 0 rings (SSSR count). The maximum Gasteiger partial charge on any atom is 0.155 e. The Kier molecular flexibility index (Phi) is 4.94. The number of carbonyl (C=O) groups is 1. The summed E-state index contributed by atoms with van der Waals surface area (Å²) in [4.78, 5) is 12.1. The van der Waals surface area contributed by atoms with Gasteiger partial charge in [-0.2, -0.15) is 0 Å². The first-order valence-electron chi connectivity index (χ1n) is 5.51. The minimum atomic E-state index is -0.363. The van der Waals surface area contributed by atoms with Crippen molar-refractivity contribution in [1.82, 2.24) is 5.32 Å². The summed E-state index contributed by atoms with van der Waals surface area (Å²) >= 11 is 0. The van der Waals surface area contributed by atoms with Crippen molar-refractivity contribution < 1.29 is 9.90 Å². The molecule has 0 aliphatic heterocycles. The van der Waals surface area contributed by atoms with E-state index in [1.807, 2.05) is 41.5 Å². The molecule has 0 heterocycles. The number of Topliss-reactive ketones (excluding diaryl/α,β-unsaturated/α-hetero) is 1. The molecule has 0 saturated carbocycles. The van der Waals surface area contributed by atoms with Crippen molar-refractivity contribution in [1.29, 1.82) is 0 Å². The Hall–Kier alpha value is -0.410. The van der Waals surface area contributed by atoms with Gasteiger partial charge in [-0.3, -0.25) is 4.79 Å². The van der Waals surface area contributed by atoms with E-state index in [0.29, 0.717) is 6.42 Å². The number of aliphatic hydroxyl groups is 1. The third-order valence-electron chi connectivity index (χ3n) is 2.08. The molecule has 15 heavy (non-hydrogen) atoms. The highest BCUT2D eigenvalue weighted by Crippen LogP contribution is 2.19. The molecule has 0 aliphatic carbocycles. The van der Waals surface area contributed by atoms with E-state index in [0.717, 1.165) is 0 Å². The molecule has 0 bridgehead atoms. The van der Waals surface area contributed by atoms with Gasteiger partial charge in [0.25, 0.3) is 0 Å². The molecule has 0 aromatic heterocycles. The third kappa shape index (κ3) is 5.90. The number of nitrogens with one attached hydrogen (secondary N) is 1. The number of carbonyl (C=O) groups excluding carboxylic acids is 1. The van der Waals surface area contributed by atoms with Crippen LogP contribution in [0.2, 0.25) is 0 Å². The minimum Gasteiger partial charge on any atom is -0.396 e. The van der Waals surface area contributed by atoms with E-state index in [2.05, 4.69) is 5.32 Å². The highest BCUT2D eigenvalue weighted by Gasteiger charge is 2.31. The first-order chi connectivity index (χ1) is 6.58. The van der Waals surface area contributed by atoms with Gasteiger partial charge in [0.05, 0.1) is 6.04 Å². The van der Waals surface area contributed by atoms with Crippen molar-refractivity contribution in [3.63, 3.8) is 0 Å². The maximum atomic E-state index is 12.1. The first kappa shape index (κ1) is 14.6. The molecule has 1 atom stereocenters. The van der Waals surface area contributed by atoms with Crippen LogP contribution in [0.25, 0.3) is 0 Å². The summed E-state index contributed by atoms with van der Waals surface area (Å²) in [5.41, 5.74) is -0.473. The van der Waals surface area contributed by atoms with E-state index < -0.39 is 0 Å². The fraction of sp³-hybridized carbons (Fsp3) is 0.917. The molecule has 0 aromatic carbocycles. The Balaban J connectivity index is 4.60. The second-order valence-electron chi connectivity index (χ2n) is 6.07. The number of rotatable bonds is 4. The molecule has 3 nitrogen and oxygen atoms in total. The van der Waals surface area contributed by atoms with Crippen molar-refractivity contribution >= 4 is 5.78 Å². The topological polar surface area (TPSA) is 49.3 Å². The predicted octanol–water partition coefficient (Wildman–Crippen LogP) is 1.74. The van der Waals surface area contributed by atoms with Gasteiger partial charge in [-0.1, -0.05) is 20.8 Å². The lowest BCUT2D eigenvalue weighted by atomic mass is 9.84. The van der Waals surface area contributed by atoms with Gasteiger partial charge >= 0.3 is 0 Å². The second kappa shape index (κ2) is 5.08. The number of ketones is 1. The standard InChI is InChI=1S/C12H25NO2/c1-11(2,3)10(15)9(7-8-14)13-12(4,5)6/h9,13-14H,7-8H2,1-6H3. The summed E-state index contributed by atoms with van der Waals surface area (Å²) in [5, 5.41) is 12.2. The fourth-order valence-corrected chi connectivity index (χ4v) is 1.44. The summed E-state index contributed by atoms with van der Waals surface area (Å²) < 4.78 is 0. The van der Waals surface area contributed by atoms with Gasteiger partial charge in [-0.05, 0) is 27.2 Å². The highest BCUT2D eigenvalue weighted by atomic mass is 16.3. The quantitative estimate of drug-likeness (QED) is 0.751. The van der Waals surface area contributed by atoms with E-state index in [-0.39, 0.29) is 29.4 Å². The number of aliphatic hydroxyl groups excluding tert-OH is 1. The highest BCUT2D eigenvalue weighted by molar-refractivity contribution is 5.88. The van der Waals surface area contributed by atoms with Crippen LogP contribution < -0.4 is 5.32 Å². The van der Waals surface area contributed by atoms with Crippen LogP contribution in [0.4, 0.5) is 0 Å². The van der Waals surface area contributed by atoms with E-state index in [1.165, 1.54) is 0 Å². The molecule has 0 amide bonds. The van der Waals surface area contributed by atoms with Crippen LogP contribution in [0.3, 0.4) is 0 Å². The van der Waals surface area contributed by atoms with Crippen molar-refractivity contribution in [2.24, 2.45) is 5.41 Å². The summed E-state index contributed by atoms with van der Waals surface area (Å²) in [7, 11) is 0. The molecule has 0 radical (unpaired) electrons. The van der Waals surface area contributed by atoms with E-state index in [1.54, 1.807) is 0 Å². The normalized spacial score (nSPS) is 15.1. The van der Waals surface area contributed by atoms with Gasteiger partial charge in [0, 0.05) is 17.6 Å². The molecule has 0 aliphatic rings. The SMILES string of the molecule is CC(C)(C)NC(CCO)C(=O)C(C)(C)C. The minimum absolute atomic E-state index is 0.0373. The van der Waals surface area contributed by atoms with Crippen molar-refractivity contribution in [2.75, 3.05) is 6.61 Å². The molecule has 0 aromatic rings. The molecule has 1 unspecified atom stereocenters. The molecular formula is C12H25NO2. The third-order valence-corrected chi connectivity index (χ3v) is 2.08. The molecule has 0 spiro atoms. The average molecular weight is 215 g/mol. The summed E-state index contributed by atoms with van der Waals surface area (Å²) in [6.07, 6.45) is 0.480. The van der Waals surface area contributed by atoms with Crippen molar-refractivity contribution in [2.45, 2.75) is 59.5 Å². The number of hydrogen-bond acceptors (Lipinski definition) is 3. The van der Waals surface area contributed by atoms with E-state index >= 15 is 0 Å². The first-order valence-corrected chi connectivity index (χ1v) is 5.51. The van der Waals surface area contributed by atoms with Crippen LogP contribution in [0.1, 0.15) is 48.0 Å². The van der Waals surface area contributed by atoms with Crippen LogP contribution in [0, 0.1) is 5.41 Å². The van der Waals surface area contributed by atoms with Crippen LogP contribution >= 0.6 is 0 Å². The van der Waals surface area contributed by atoms with Crippen LogP contribution in [0.5, 0.6) is 0 Å². The molecule has 2 N–H and O–H groups in total. The monoisotopic (exact) mass is 215 g/mol. The fourth-order valence-electron chi connectivity index (χ4n) is 1.44. The molecule has 3 heteroatoms. The maximum absolute atomic E-state index is 12.1. The summed E-state index contributed by atoms with van der Waals surface area (Å²) in [6, 6.07) is -0.255. The van der Waals surface area contributed by atoms with Gasteiger partial charge < -0.3 is 10.4 Å². The Bertz CT molecular complexity index is 211. The largest absolute Gasteiger partial charge is 0.396 e. The summed E-state index contributed by atoms with van der Waals surface area (Å²) in [6.45, 7) is 11.8. The molecular weight excluding hydrogens is 190 g/mol. The second-order valence-corrected chi connectivity index (χ2v) is 6.07. The Morgan fingerprint density at radius 2 is 1.67 bits per heavy atom. The summed E-state index contributed by atoms with van der Waals surface area (Å²) in [5.74, 6) is 0.159. The Morgan fingerprint density at radius 3 is 1.93 bits per heavy atom. The van der Waals surface area contributed by atoms with Gasteiger partial charge in [0.15, 0.2) is 5.78 Å². The van der Waals surface area contributed by atoms with Gasteiger partial charge in [-0.15, -0.1) is 0 Å². The molecule has 0 saturated heterocycles. The van der Waals surface area contributed by atoms with Crippen molar-refractivity contribution in [3.8, 4) is 0 Å².